The van der Waals surface area contributed by atoms with Gasteiger partial charge in [0, 0.05) is 10.9 Å². The molecule has 1 aromatic carbocycles. The summed E-state index contributed by atoms with van der Waals surface area (Å²) in [6.07, 6.45) is 1.20. The van der Waals surface area contributed by atoms with Crippen molar-refractivity contribution in [2.24, 2.45) is 0 Å². The van der Waals surface area contributed by atoms with Crippen LogP contribution < -0.4 is 0 Å². The lowest BCUT2D eigenvalue weighted by atomic mass is 10.1. The molecule has 0 unspecified atom stereocenters. The SMILES string of the molecule is CCOC(=O)CCc1ccc(CC(=O)OC)cc1Br. The Morgan fingerprint density at radius 1 is 1.26 bits per heavy atom. The van der Waals surface area contributed by atoms with Gasteiger partial charge in [-0.25, -0.2) is 0 Å². The van der Waals surface area contributed by atoms with Crippen LogP contribution >= 0.6 is 15.9 Å². The van der Waals surface area contributed by atoms with Crippen LogP contribution in [0.5, 0.6) is 0 Å². The van der Waals surface area contributed by atoms with Crippen molar-refractivity contribution in [2.75, 3.05) is 13.7 Å². The molecule has 4 nitrogen and oxygen atoms in total. The van der Waals surface area contributed by atoms with E-state index in [1.165, 1.54) is 7.11 Å². The van der Waals surface area contributed by atoms with Crippen molar-refractivity contribution in [2.45, 2.75) is 26.2 Å². The van der Waals surface area contributed by atoms with E-state index in [-0.39, 0.29) is 18.4 Å². The summed E-state index contributed by atoms with van der Waals surface area (Å²) < 4.78 is 10.4. The Morgan fingerprint density at radius 2 is 2.00 bits per heavy atom. The molecule has 104 valence electrons. The van der Waals surface area contributed by atoms with Crippen molar-refractivity contribution in [3.63, 3.8) is 0 Å². The van der Waals surface area contributed by atoms with Crippen LogP contribution in [0.25, 0.3) is 0 Å². The zero-order valence-corrected chi connectivity index (χ0v) is 12.7. The van der Waals surface area contributed by atoms with Crippen LogP contribution in [0, 0.1) is 0 Å². The molecule has 0 saturated heterocycles. The molecular formula is C14H17BrO4. The minimum atomic E-state index is -0.272. The van der Waals surface area contributed by atoms with Gasteiger partial charge in [0.05, 0.1) is 20.1 Å². The third kappa shape index (κ3) is 5.42. The first-order valence-corrected chi connectivity index (χ1v) is 6.85. The second-order valence-electron chi connectivity index (χ2n) is 3.98. The van der Waals surface area contributed by atoms with Crippen molar-refractivity contribution in [3.8, 4) is 0 Å². The standard InChI is InChI=1S/C14H17BrO4/c1-3-19-13(16)7-6-11-5-4-10(8-12(11)15)9-14(17)18-2/h4-5,8H,3,6-7,9H2,1-2H3. The highest BCUT2D eigenvalue weighted by molar-refractivity contribution is 9.10. The molecular weight excluding hydrogens is 312 g/mol. The lowest BCUT2D eigenvalue weighted by molar-refractivity contribution is -0.143. The van der Waals surface area contributed by atoms with Crippen molar-refractivity contribution < 1.29 is 19.1 Å². The van der Waals surface area contributed by atoms with Crippen LogP contribution in [0.1, 0.15) is 24.5 Å². The van der Waals surface area contributed by atoms with E-state index in [2.05, 4.69) is 20.7 Å². The number of benzene rings is 1. The number of methoxy groups -OCH3 is 1. The monoisotopic (exact) mass is 328 g/mol. The molecule has 0 aromatic heterocycles. The van der Waals surface area contributed by atoms with Gasteiger partial charge in [0.2, 0.25) is 0 Å². The predicted molar refractivity (Wildman–Crippen MR) is 74.8 cm³/mol. The molecule has 0 saturated carbocycles. The van der Waals surface area contributed by atoms with Crippen LogP contribution in [-0.2, 0) is 31.9 Å². The molecule has 0 radical (unpaired) electrons. The van der Waals surface area contributed by atoms with E-state index in [1.54, 1.807) is 6.92 Å². The molecule has 0 aliphatic rings. The quantitative estimate of drug-likeness (QED) is 0.753. The molecule has 0 amide bonds. The fraction of sp³-hybridized carbons (Fsp3) is 0.429. The maximum absolute atomic E-state index is 11.3. The summed E-state index contributed by atoms with van der Waals surface area (Å²) in [4.78, 5) is 22.4. The molecule has 0 aliphatic carbocycles. The highest BCUT2D eigenvalue weighted by Gasteiger charge is 2.08. The van der Waals surface area contributed by atoms with Gasteiger partial charge in [-0.05, 0) is 30.5 Å². The number of aryl methyl sites for hydroxylation is 1. The van der Waals surface area contributed by atoms with Gasteiger partial charge in [-0.3, -0.25) is 9.59 Å². The smallest absolute Gasteiger partial charge is 0.309 e. The summed E-state index contributed by atoms with van der Waals surface area (Å²) in [5, 5.41) is 0. The Labute approximate surface area is 121 Å². The van der Waals surface area contributed by atoms with E-state index in [9.17, 15) is 9.59 Å². The van der Waals surface area contributed by atoms with Crippen LogP contribution in [0.15, 0.2) is 22.7 Å². The molecule has 0 N–H and O–H groups in total. The Morgan fingerprint density at radius 3 is 2.58 bits per heavy atom. The number of esters is 2. The first-order chi connectivity index (χ1) is 9.06. The Bertz CT molecular complexity index is 457. The number of halogens is 1. The number of carbonyl (C=O) groups is 2. The van der Waals surface area contributed by atoms with Crippen LogP contribution in [0.2, 0.25) is 0 Å². The Balaban J connectivity index is 2.62. The largest absolute Gasteiger partial charge is 0.469 e. The molecule has 0 fully saturated rings. The van der Waals surface area contributed by atoms with Crippen molar-refractivity contribution >= 4 is 27.9 Å². The zero-order valence-electron chi connectivity index (χ0n) is 11.1. The van der Waals surface area contributed by atoms with E-state index in [0.717, 1.165) is 15.6 Å². The average Bonchev–Trinajstić information content (AvgIpc) is 2.38. The van der Waals surface area contributed by atoms with E-state index >= 15 is 0 Å². The van der Waals surface area contributed by atoms with Gasteiger partial charge in [0.25, 0.3) is 0 Å². The summed E-state index contributed by atoms with van der Waals surface area (Å²) in [7, 11) is 1.37. The zero-order chi connectivity index (χ0) is 14.3. The summed E-state index contributed by atoms with van der Waals surface area (Å²) in [6, 6.07) is 5.64. The highest BCUT2D eigenvalue weighted by atomic mass is 79.9. The van der Waals surface area contributed by atoms with E-state index < -0.39 is 0 Å². The minimum absolute atomic E-state index is 0.201. The molecule has 1 aromatic rings. The first kappa shape index (κ1) is 15.7. The number of ether oxygens (including phenoxy) is 2. The molecule has 0 bridgehead atoms. The average molecular weight is 329 g/mol. The van der Waals surface area contributed by atoms with E-state index in [0.29, 0.717) is 19.4 Å². The van der Waals surface area contributed by atoms with Crippen molar-refractivity contribution in [1.29, 1.82) is 0 Å². The summed E-state index contributed by atoms with van der Waals surface area (Å²) in [5.74, 6) is -0.473. The third-order valence-electron chi connectivity index (χ3n) is 2.60. The number of hydrogen-bond acceptors (Lipinski definition) is 4. The number of rotatable bonds is 6. The van der Waals surface area contributed by atoms with Crippen molar-refractivity contribution in [1.82, 2.24) is 0 Å². The second kappa shape index (κ2) is 7.94. The minimum Gasteiger partial charge on any atom is -0.469 e. The predicted octanol–water partition coefficient (Wildman–Crippen LogP) is 2.66. The van der Waals surface area contributed by atoms with Gasteiger partial charge in [-0.2, -0.15) is 0 Å². The Hall–Kier alpha value is -1.36. The topological polar surface area (TPSA) is 52.6 Å². The first-order valence-electron chi connectivity index (χ1n) is 6.06. The lowest BCUT2D eigenvalue weighted by Gasteiger charge is -2.07. The summed E-state index contributed by atoms with van der Waals surface area (Å²) in [6.45, 7) is 2.19. The lowest BCUT2D eigenvalue weighted by Crippen LogP contribution is -2.06. The molecule has 19 heavy (non-hydrogen) atoms. The fourth-order valence-electron chi connectivity index (χ4n) is 1.61. The van der Waals surface area contributed by atoms with Gasteiger partial charge in [0.15, 0.2) is 0 Å². The third-order valence-corrected chi connectivity index (χ3v) is 3.34. The van der Waals surface area contributed by atoms with Gasteiger partial charge < -0.3 is 9.47 Å². The summed E-state index contributed by atoms with van der Waals surface area (Å²) >= 11 is 3.44. The van der Waals surface area contributed by atoms with Crippen molar-refractivity contribution in [3.05, 3.63) is 33.8 Å². The van der Waals surface area contributed by atoms with Gasteiger partial charge in [-0.1, -0.05) is 28.1 Å². The van der Waals surface area contributed by atoms with E-state index in [4.69, 9.17) is 4.74 Å². The number of hydrogen-bond donors (Lipinski definition) is 0. The fourth-order valence-corrected chi connectivity index (χ4v) is 2.24. The molecule has 1 rings (SSSR count). The van der Waals surface area contributed by atoms with Gasteiger partial charge in [-0.15, -0.1) is 0 Å². The van der Waals surface area contributed by atoms with Crippen LogP contribution in [0.3, 0.4) is 0 Å². The van der Waals surface area contributed by atoms with Crippen LogP contribution in [-0.4, -0.2) is 25.7 Å². The second-order valence-corrected chi connectivity index (χ2v) is 4.84. The van der Waals surface area contributed by atoms with E-state index in [1.807, 2.05) is 18.2 Å². The molecule has 0 heterocycles. The summed E-state index contributed by atoms with van der Waals surface area (Å²) in [5.41, 5.74) is 1.89. The normalized spacial score (nSPS) is 10.1. The van der Waals surface area contributed by atoms with Crippen LogP contribution in [0.4, 0.5) is 0 Å². The molecule has 0 atom stereocenters. The Kier molecular flexibility index (Phi) is 6.56. The maximum Gasteiger partial charge on any atom is 0.309 e. The molecule has 0 aliphatic heterocycles. The van der Waals surface area contributed by atoms with Gasteiger partial charge >= 0.3 is 11.9 Å². The molecule has 0 spiro atoms. The van der Waals surface area contributed by atoms with Gasteiger partial charge in [0.1, 0.15) is 0 Å². The number of carbonyl (C=O) groups excluding carboxylic acids is 2. The highest BCUT2D eigenvalue weighted by Crippen LogP contribution is 2.20. The molecule has 5 heteroatoms. The maximum atomic E-state index is 11.3.